The number of aromatic nitrogens is 1. The molecule has 6 heteroatoms. The van der Waals surface area contributed by atoms with Gasteiger partial charge in [0, 0.05) is 30.0 Å². The molecule has 0 spiro atoms. The van der Waals surface area contributed by atoms with Crippen molar-refractivity contribution in [3.63, 3.8) is 0 Å². The zero-order valence-corrected chi connectivity index (χ0v) is 13.0. The van der Waals surface area contributed by atoms with Gasteiger partial charge in [-0.1, -0.05) is 6.07 Å². The average Bonchev–Trinajstić information content (AvgIpc) is 3.24. The van der Waals surface area contributed by atoms with Gasteiger partial charge in [-0.05, 0) is 24.6 Å². The van der Waals surface area contributed by atoms with Crippen LogP contribution in [0.25, 0.3) is 0 Å². The van der Waals surface area contributed by atoms with E-state index in [0.717, 1.165) is 25.3 Å². The number of rotatable bonds is 6. The Morgan fingerprint density at radius 2 is 2.45 bits per heavy atom. The number of carbonyl (C=O) groups excluding carboxylic acids is 1. The SMILES string of the molecule is O=C(NC[C@@H]1CCOC1)c1cccc(OCc2cscn2)c1. The highest BCUT2D eigenvalue weighted by Crippen LogP contribution is 2.16. The third-order valence-electron chi connectivity index (χ3n) is 3.54. The van der Waals surface area contributed by atoms with Crippen molar-refractivity contribution < 1.29 is 14.3 Å². The lowest BCUT2D eigenvalue weighted by molar-refractivity contribution is 0.0944. The molecule has 2 heterocycles. The second kappa shape index (κ2) is 7.38. The summed E-state index contributed by atoms with van der Waals surface area (Å²) in [5, 5.41) is 4.90. The fourth-order valence-electron chi connectivity index (χ4n) is 2.28. The second-order valence-electron chi connectivity index (χ2n) is 5.24. The first kappa shape index (κ1) is 15.0. The van der Waals surface area contributed by atoms with Crippen LogP contribution in [0.1, 0.15) is 22.5 Å². The maximum absolute atomic E-state index is 12.2. The minimum Gasteiger partial charge on any atom is -0.487 e. The number of carbonyl (C=O) groups is 1. The molecule has 116 valence electrons. The van der Waals surface area contributed by atoms with E-state index in [-0.39, 0.29) is 5.91 Å². The van der Waals surface area contributed by atoms with Gasteiger partial charge < -0.3 is 14.8 Å². The van der Waals surface area contributed by atoms with E-state index in [0.29, 0.717) is 30.4 Å². The molecule has 2 aromatic rings. The van der Waals surface area contributed by atoms with Crippen molar-refractivity contribution >= 4 is 17.2 Å². The van der Waals surface area contributed by atoms with Crippen LogP contribution in [0.5, 0.6) is 5.75 Å². The molecule has 1 fully saturated rings. The zero-order chi connectivity index (χ0) is 15.2. The van der Waals surface area contributed by atoms with Gasteiger partial charge in [-0.3, -0.25) is 4.79 Å². The number of nitrogens with zero attached hydrogens (tertiary/aromatic N) is 1. The molecule has 1 atom stereocenters. The fraction of sp³-hybridized carbons (Fsp3) is 0.375. The van der Waals surface area contributed by atoms with Crippen LogP contribution in [0, 0.1) is 5.92 Å². The molecule has 1 aromatic heterocycles. The van der Waals surface area contributed by atoms with E-state index in [4.69, 9.17) is 9.47 Å². The van der Waals surface area contributed by atoms with Gasteiger partial charge in [0.15, 0.2) is 0 Å². The minimum atomic E-state index is -0.0778. The number of thiazole rings is 1. The molecule has 5 nitrogen and oxygen atoms in total. The van der Waals surface area contributed by atoms with Gasteiger partial charge in [-0.15, -0.1) is 11.3 Å². The predicted molar refractivity (Wildman–Crippen MR) is 84.1 cm³/mol. The molecular formula is C16H18N2O3S. The van der Waals surface area contributed by atoms with Crippen molar-refractivity contribution in [3.8, 4) is 5.75 Å². The van der Waals surface area contributed by atoms with Crippen LogP contribution in [0.3, 0.4) is 0 Å². The van der Waals surface area contributed by atoms with Crippen LogP contribution in [-0.4, -0.2) is 30.6 Å². The number of nitrogens with one attached hydrogen (secondary N) is 1. The molecule has 0 unspecified atom stereocenters. The Morgan fingerprint density at radius 3 is 3.23 bits per heavy atom. The Morgan fingerprint density at radius 1 is 1.50 bits per heavy atom. The first-order valence-corrected chi connectivity index (χ1v) is 8.21. The van der Waals surface area contributed by atoms with Crippen LogP contribution in [0.2, 0.25) is 0 Å². The van der Waals surface area contributed by atoms with E-state index in [1.807, 2.05) is 17.5 Å². The molecule has 0 bridgehead atoms. The molecule has 1 aromatic carbocycles. The molecule has 1 aliphatic heterocycles. The monoisotopic (exact) mass is 318 g/mol. The molecule has 0 saturated carbocycles. The number of amides is 1. The Hall–Kier alpha value is -1.92. The van der Waals surface area contributed by atoms with Crippen LogP contribution < -0.4 is 10.1 Å². The van der Waals surface area contributed by atoms with Gasteiger partial charge in [0.25, 0.3) is 5.91 Å². The summed E-state index contributed by atoms with van der Waals surface area (Å²) in [5.74, 6) is 1.02. The summed E-state index contributed by atoms with van der Waals surface area (Å²) in [5.41, 5.74) is 3.27. The third-order valence-corrected chi connectivity index (χ3v) is 4.18. The first-order chi connectivity index (χ1) is 10.8. The average molecular weight is 318 g/mol. The minimum absolute atomic E-state index is 0.0778. The quantitative estimate of drug-likeness (QED) is 0.889. The normalized spacial score (nSPS) is 17.4. The van der Waals surface area contributed by atoms with Crippen LogP contribution in [0.4, 0.5) is 0 Å². The summed E-state index contributed by atoms with van der Waals surface area (Å²) >= 11 is 1.54. The standard InChI is InChI=1S/C16H18N2O3S/c19-16(17-7-12-4-5-20-8-12)13-2-1-3-15(6-13)21-9-14-10-22-11-18-14/h1-3,6,10-12H,4-5,7-9H2,(H,17,19)/t12-/m0/s1. The maximum atomic E-state index is 12.2. The smallest absolute Gasteiger partial charge is 0.251 e. The van der Waals surface area contributed by atoms with E-state index in [2.05, 4.69) is 10.3 Å². The largest absolute Gasteiger partial charge is 0.487 e. The lowest BCUT2D eigenvalue weighted by atomic mass is 10.1. The lowest BCUT2D eigenvalue weighted by Crippen LogP contribution is -2.29. The van der Waals surface area contributed by atoms with Gasteiger partial charge in [0.05, 0.1) is 17.8 Å². The van der Waals surface area contributed by atoms with Crippen LogP contribution >= 0.6 is 11.3 Å². The summed E-state index contributed by atoms with van der Waals surface area (Å²) in [6, 6.07) is 7.21. The molecular weight excluding hydrogens is 300 g/mol. The number of hydrogen-bond acceptors (Lipinski definition) is 5. The summed E-state index contributed by atoms with van der Waals surface area (Å²) < 4.78 is 11.0. The van der Waals surface area contributed by atoms with Crippen molar-refractivity contribution in [2.45, 2.75) is 13.0 Å². The Balaban J connectivity index is 1.54. The van der Waals surface area contributed by atoms with Crippen molar-refractivity contribution in [2.75, 3.05) is 19.8 Å². The Bertz CT molecular complexity index is 610. The van der Waals surface area contributed by atoms with E-state index >= 15 is 0 Å². The van der Waals surface area contributed by atoms with E-state index in [1.165, 1.54) is 11.3 Å². The number of benzene rings is 1. The summed E-state index contributed by atoms with van der Waals surface area (Å²) in [6.45, 7) is 2.59. The predicted octanol–water partition coefficient (Wildman–Crippen LogP) is 2.49. The highest BCUT2D eigenvalue weighted by Gasteiger charge is 2.16. The van der Waals surface area contributed by atoms with Crippen molar-refractivity contribution in [1.82, 2.24) is 10.3 Å². The van der Waals surface area contributed by atoms with Gasteiger partial charge in [-0.25, -0.2) is 4.98 Å². The van der Waals surface area contributed by atoms with Gasteiger partial charge in [0.1, 0.15) is 12.4 Å². The van der Waals surface area contributed by atoms with Gasteiger partial charge in [0.2, 0.25) is 0 Å². The Labute approximate surface area is 133 Å². The van der Waals surface area contributed by atoms with E-state index in [9.17, 15) is 4.79 Å². The van der Waals surface area contributed by atoms with E-state index < -0.39 is 0 Å². The summed E-state index contributed by atoms with van der Waals surface area (Å²) in [7, 11) is 0. The first-order valence-electron chi connectivity index (χ1n) is 7.27. The van der Waals surface area contributed by atoms with E-state index in [1.54, 1.807) is 17.6 Å². The molecule has 3 rings (SSSR count). The van der Waals surface area contributed by atoms with Crippen molar-refractivity contribution in [2.24, 2.45) is 5.92 Å². The molecule has 1 saturated heterocycles. The van der Waals surface area contributed by atoms with Crippen LogP contribution in [0.15, 0.2) is 35.2 Å². The molecule has 1 amide bonds. The summed E-state index contributed by atoms with van der Waals surface area (Å²) in [4.78, 5) is 16.3. The van der Waals surface area contributed by atoms with Crippen LogP contribution in [-0.2, 0) is 11.3 Å². The second-order valence-corrected chi connectivity index (χ2v) is 5.95. The molecule has 1 N–H and O–H groups in total. The van der Waals surface area contributed by atoms with Gasteiger partial charge in [-0.2, -0.15) is 0 Å². The van der Waals surface area contributed by atoms with Gasteiger partial charge >= 0.3 is 0 Å². The highest BCUT2D eigenvalue weighted by molar-refractivity contribution is 7.07. The third kappa shape index (κ3) is 4.05. The van der Waals surface area contributed by atoms with Crippen molar-refractivity contribution in [1.29, 1.82) is 0 Å². The molecule has 22 heavy (non-hydrogen) atoms. The van der Waals surface area contributed by atoms with Crippen molar-refractivity contribution in [3.05, 3.63) is 46.4 Å². The molecule has 1 aliphatic rings. The Kier molecular flexibility index (Phi) is 5.03. The maximum Gasteiger partial charge on any atom is 0.251 e. The highest BCUT2D eigenvalue weighted by atomic mass is 32.1. The molecule has 0 aliphatic carbocycles. The number of hydrogen-bond donors (Lipinski definition) is 1. The summed E-state index contributed by atoms with van der Waals surface area (Å²) in [6.07, 6.45) is 1.01. The topological polar surface area (TPSA) is 60.5 Å². The lowest BCUT2D eigenvalue weighted by Gasteiger charge is -2.10. The number of ether oxygens (including phenoxy) is 2. The zero-order valence-electron chi connectivity index (χ0n) is 12.2. The fourth-order valence-corrected chi connectivity index (χ4v) is 2.82. The molecule has 0 radical (unpaired) electrons.